The number of hydrogen-bond donors (Lipinski definition) is 2. The molecule has 0 aliphatic heterocycles. The fraction of sp³-hybridized carbons (Fsp3) is 0.471. The molecule has 0 bridgehead atoms. The summed E-state index contributed by atoms with van der Waals surface area (Å²) in [5.41, 5.74) is 0.801. The van der Waals surface area contributed by atoms with Crippen LogP contribution in [0.2, 0.25) is 0 Å². The number of benzene rings is 1. The van der Waals surface area contributed by atoms with Crippen molar-refractivity contribution in [3.05, 3.63) is 30.0 Å². The molecule has 1 aromatic carbocycles. The third-order valence-electron chi connectivity index (χ3n) is 3.78. The molecule has 0 radical (unpaired) electrons. The quantitative estimate of drug-likeness (QED) is 0.789. The third kappa shape index (κ3) is 4.70. The van der Waals surface area contributed by atoms with Gasteiger partial charge in [0, 0.05) is 23.5 Å². The standard InChI is InChI=1S/C17H25N2O5P/c1-17(2,3)16(20)19-11-12(9-10-18(4)5)15-13(19)7-6-8-14(15)24-25(21,22)23/h6-8,11H,9-10H2,1-5H3,(H2,21,22,23). The number of aromatic nitrogens is 1. The minimum Gasteiger partial charge on any atom is -0.404 e. The summed E-state index contributed by atoms with van der Waals surface area (Å²) in [4.78, 5) is 33.2. The van der Waals surface area contributed by atoms with Crippen LogP contribution >= 0.6 is 7.82 Å². The maximum atomic E-state index is 12.8. The monoisotopic (exact) mass is 368 g/mol. The first-order valence-electron chi connectivity index (χ1n) is 7.98. The number of carbonyl (C=O) groups excluding carboxylic acids is 1. The minimum absolute atomic E-state index is 0.0834. The Morgan fingerprint density at radius 1 is 1.28 bits per heavy atom. The van der Waals surface area contributed by atoms with E-state index in [1.165, 1.54) is 6.07 Å². The molecule has 0 fully saturated rings. The Hall–Kier alpha value is -1.66. The van der Waals surface area contributed by atoms with Crippen molar-refractivity contribution < 1.29 is 23.7 Å². The minimum atomic E-state index is -4.70. The van der Waals surface area contributed by atoms with Gasteiger partial charge in [0.15, 0.2) is 0 Å². The first kappa shape index (κ1) is 19.7. The second-order valence-corrected chi connectivity index (χ2v) is 8.53. The van der Waals surface area contributed by atoms with Crippen molar-refractivity contribution >= 4 is 24.6 Å². The van der Waals surface area contributed by atoms with Crippen LogP contribution in [0, 0.1) is 5.41 Å². The Bertz CT molecular complexity index is 829. The van der Waals surface area contributed by atoms with Crippen molar-refractivity contribution in [1.29, 1.82) is 0 Å². The van der Waals surface area contributed by atoms with Gasteiger partial charge in [-0.15, -0.1) is 0 Å². The Kier molecular flexibility index (Phi) is 5.44. The fourth-order valence-corrected chi connectivity index (χ4v) is 3.01. The van der Waals surface area contributed by atoms with Crippen LogP contribution < -0.4 is 4.52 Å². The van der Waals surface area contributed by atoms with Gasteiger partial charge < -0.3 is 9.42 Å². The van der Waals surface area contributed by atoms with E-state index in [9.17, 15) is 19.1 Å². The number of phosphoric acid groups is 1. The van der Waals surface area contributed by atoms with E-state index in [0.717, 1.165) is 12.1 Å². The number of likely N-dealkylation sites (N-methyl/N-ethyl adjacent to an activating group) is 1. The molecule has 2 N–H and O–H groups in total. The summed E-state index contributed by atoms with van der Waals surface area (Å²) in [6.45, 7) is 6.22. The van der Waals surface area contributed by atoms with Gasteiger partial charge in [-0.1, -0.05) is 26.8 Å². The lowest BCUT2D eigenvalue weighted by Crippen LogP contribution is -2.26. The highest BCUT2D eigenvalue weighted by atomic mass is 31.2. The predicted octanol–water partition coefficient (Wildman–Crippen LogP) is 2.90. The third-order valence-corrected chi connectivity index (χ3v) is 4.21. The SMILES string of the molecule is CN(C)CCc1cn(C(=O)C(C)(C)C)c2cccc(OP(=O)(O)O)c12. The van der Waals surface area contributed by atoms with E-state index in [0.29, 0.717) is 17.3 Å². The molecule has 0 aliphatic carbocycles. The van der Waals surface area contributed by atoms with E-state index in [2.05, 4.69) is 0 Å². The van der Waals surface area contributed by atoms with Crippen molar-refractivity contribution in [2.45, 2.75) is 27.2 Å². The molecular weight excluding hydrogens is 343 g/mol. The van der Waals surface area contributed by atoms with Gasteiger partial charge in [0.05, 0.1) is 5.52 Å². The van der Waals surface area contributed by atoms with Gasteiger partial charge in [0.2, 0.25) is 5.91 Å². The van der Waals surface area contributed by atoms with Crippen molar-refractivity contribution in [2.75, 3.05) is 20.6 Å². The number of carbonyl (C=O) groups is 1. The second-order valence-electron chi connectivity index (χ2n) is 7.36. The number of fused-ring (bicyclic) bond motifs is 1. The molecule has 0 unspecified atom stereocenters. The Balaban J connectivity index is 2.67. The lowest BCUT2D eigenvalue weighted by atomic mass is 9.95. The van der Waals surface area contributed by atoms with Gasteiger partial charge in [-0.25, -0.2) is 4.57 Å². The molecule has 0 saturated heterocycles. The maximum absolute atomic E-state index is 12.8. The summed E-state index contributed by atoms with van der Waals surface area (Å²) in [5.74, 6) is -0.0121. The number of rotatable bonds is 5. The average molecular weight is 368 g/mol. The smallest absolute Gasteiger partial charge is 0.404 e. The highest BCUT2D eigenvalue weighted by Gasteiger charge is 2.27. The van der Waals surface area contributed by atoms with Gasteiger partial charge in [-0.05, 0) is 38.2 Å². The van der Waals surface area contributed by atoms with Crippen LogP contribution in [0.1, 0.15) is 31.1 Å². The summed E-state index contributed by atoms with van der Waals surface area (Å²) >= 11 is 0. The normalized spacial score (nSPS) is 12.8. The van der Waals surface area contributed by atoms with E-state index in [1.807, 2.05) is 39.8 Å². The molecule has 2 aromatic rings. The number of phosphoric ester groups is 1. The molecule has 0 saturated carbocycles. The van der Waals surface area contributed by atoms with Crippen LogP contribution in [0.15, 0.2) is 24.4 Å². The molecule has 2 rings (SSSR count). The van der Waals surface area contributed by atoms with Gasteiger partial charge in [0.25, 0.3) is 0 Å². The lowest BCUT2D eigenvalue weighted by molar-refractivity contribution is 0.0772. The van der Waals surface area contributed by atoms with Crippen molar-refractivity contribution in [2.24, 2.45) is 5.41 Å². The summed E-state index contributed by atoms with van der Waals surface area (Å²) < 4.78 is 17.7. The molecule has 0 spiro atoms. The first-order valence-corrected chi connectivity index (χ1v) is 9.51. The van der Waals surface area contributed by atoms with Gasteiger partial charge in [0.1, 0.15) is 5.75 Å². The Morgan fingerprint density at radius 2 is 1.92 bits per heavy atom. The van der Waals surface area contributed by atoms with E-state index >= 15 is 0 Å². The largest absolute Gasteiger partial charge is 0.524 e. The van der Waals surface area contributed by atoms with Gasteiger partial charge in [-0.2, -0.15) is 0 Å². The molecule has 0 amide bonds. The second kappa shape index (κ2) is 6.92. The van der Waals surface area contributed by atoms with Crippen molar-refractivity contribution in [3.63, 3.8) is 0 Å². The molecule has 1 heterocycles. The van der Waals surface area contributed by atoms with Crippen molar-refractivity contribution in [1.82, 2.24) is 9.47 Å². The molecule has 0 aliphatic rings. The highest BCUT2D eigenvalue weighted by Crippen LogP contribution is 2.42. The molecular formula is C17H25N2O5P. The van der Waals surface area contributed by atoms with Crippen molar-refractivity contribution in [3.8, 4) is 5.75 Å². The molecule has 25 heavy (non-hydrogen) atoms. The summed E-state index contributed by atoms with van der Waals surface area (Å²) in [5, 5.41) is 0.560. The molecule has 138 valence electrons. The summed E-state index contributed by atoms with van der Waals surface area (Å²) in [6, 6.07) is 4.88. The molecule has 1 aromatic heterocycles. The van der Waals surface area contributed by atoms with Crippen LogP contribution in [0.3, 0.4) is 0 Å². The Labute approximate surface area is 147 Å². The zero-order valence-corrected chi connectivity index (χ0v) is 16.1. The van der Waals surface area contributed by atoms with Gasteiger partial charge >= 0.3 is 7.82 Å². The maximum Gasteiger partial charge on any atom is 0.524 e. The predicted molar refractivity (Wildman–Crippen MR) is 96.9 cm³/mol. The van der Waals surface area contributed by atoms with Crippen LogP contribution in [-0.2, 0) is 11.0 Å². The number of hydrogen-bond acceptors (Lipinski definition) is 4. The lowest BCUT2D eigenvalue weighted by Gasteiger charge is -2.18. The van der Waals surface area contributed by atoms with Gasteiger partial charge in [-0.3, -0.25) is 19.1 Å². The Morgan fingerprint density at radius 3 is 2.44 bits per heavy atom. The van der Waals surface area contributed by atoms with Crippen LogP contribution in [0.25, 0.3) is 10.9 Å². The zero-order valence-electron chi connectivity index (χ0n) is 15.2. The summed E-state index contributed by atoms with van der Waals surface area (Å²) in [7, 11) is -0.827. The van der Waals surface area contributed by atoms with E-state index < -0.39 is 13.2 Å². The molecule has 8 heteroatoms. The molecule has 0 atom stereocenters. The highest BCUT2D eigenvalue weighted by molar-refractivity contribution is 7.46. The van der Waals surface area contributed by atoms with Crippen LogP contribution in [-0.4, -0.2) is 45.8 Å². The average Bonchev–Trinajstić information content (AvgIpc) is 2.81. The van der Waals surface area contributed by atoms with E-state index in [1.54, 1.807) is 22.9 Å². The fourth-order valence-electron chi connectivity index (χ4n) is 2.60. The van der Waals surface area contributed by atoms with Crippen LogP contribution in [0.5, 0.6) is 5.75 Å². The topological polar surface area (TPSA) is 92.0 Å². The number of nitrogens with zero attached hydrogens (tertiary/aromatic N) is 2. The summed E-state index contributed by atoms with van der Waals surface area (Å²) in [6.07, 6.45) is 2.36. The van der Waals surface area contributed by atoms with E-state index in [4.69, 9.17) is 4.52 Å². The zero-order chi connectivity index (χ0) is 19.0. The van der Waals surface area contributed by atoms with Crippen LogP contribution in [0.4, 0.5) is 0 Å². The first-order chi connectivity index (χ1) is 11.4. The molecule has 7 nitrogen and oxygen atoms in total. The van der Waals surface area contributed by atoms with E-state index in [-0.39, 0.29) is 11.7 Å².